The number of methoxy groups -OCH3 is 1. The number of anilines is 2. The predicted octanol–water partition coefficient (Wildman–Crippen LogP) is 1.75. The van der Waals surface area contributed by atoms with E-state index in [4.69, 9.17) is 9.47 Å². The fraction of sp³-hybridized carbons (Fsp3) is 0.412. The van der Waals surface area contributed by atoms with Gasteiger partial charge in [-0.25, -0.2) is 4.39 Å². The van der Waals surface area contributed by atoms with Crippen LogP contribution in [0.1, 0.15) is 6.42 Å². The molecule has 0 bridgehead atoms. The van der Waals surface area contributed by atoms with E-state index in [0.717, 1.165) is 0 Å². The fourth-order valence-corrected chi connectivity index (χ4v) is 5.14. The van der Waals surface area contributed by atoms with Gasteiger partial charge >= 0.3 is 10.2 Å². The third-order valence-electron chi connectivity index (χ3n) is 5.00. The molecule has 1 aromatic heterocycles. The van der Waals surface area contributed by atoms with Gasteiger partial charge in [0, 0.05) is 25.2 Å². The van der Waals surface area contributed by atoms with Crippen LogP contribution in [0.3, 0.4) is 0 Å². The number of carbonyl (C=O) groups excluding carboxylic acids is 1. The van der Waals surface area contributed by atoms with Gasteiger partial charge in [0.2, 0.25) is 0 Å². The topological polar surface area (TPSA) is 114 Å². The summed E-state index contributed by atoms with van der Waals surface area (Å²) in [6, 6.07) is 3.58. The molecule has 10 nitrogen and oxygen atoms in total. The van der Waals surface area contributed by atoms with Crippen molar-refractivity contribution in [1.82, 2.24) is 9.46 Å². The Morgan fingerprint density at radius 3 is 2.90 bits per heavy atom. The zero-order chi connectivity index (χ0) is 21.5. The first-order valence-electron chi connectivity index (χ1n) is 8.95. The smallest absolute Gasteiger partial charge is 0.302 e. The van der Waals surface area contributed by atoms with Gasteiger partial charge < -0.3 is 18.9 Å². The number of ether oxygens (including phenoxy) is 2. The molecule has 2 aromatic rings. The summed E-state index contributed by atoms with van der Waals surface area (Å²) in [6.07, 6.45) is 0.946. The lowest BCUT2D eigenvalue weighted by atomic mass is 9.98. The lowest BCUT2D eigenvalue weighted by molar-refractivity contribution is -0.134. The van der Waals surface area contributed by atoms with Crippen LogP contribution in [-0.4, -0.2) is 62.7 Å². The number of piperidine rings is 1. The zero-order valence-electron chi connectivity index (χ0n) is 15.7. The largest absolute Gasteiger partial charge is 0.495 e. The Bertz CT molecular complexity index is 1050. The minimum Gasteiger partial charge on any atom is -0.495 e. The Labute approximate surface area is 180 Å². The number of amides is 1. The second-order valence-corrected chi connectivity index (χ2v) is 9.28. The average Bonchev–Trinajstić information content (AvgIpc) is 3.21. The van der Waals surface area contributed by atoms with Crippen molar-refractivity contribution in [3.63, 3.8) is 0 Å². The average molecular weight is 505 g/mol. The highest BCUT2D eigenvalue weighted by atomic mass is 79.9. The number of hydrogen-bond donors (Lipinski definition) is 1. The van der Waals surface area contributed by atoms with E-state index in [9.17, 15) is 17.6 Å². The number of aromatic nitrogens is 1. The molecule has 0 saturated carbocycles. The summed E-state index contributed by atoms with van der Waals surface area (Å²) in [6.45, 7) is -0.113. The van der Waals surface area contributed by atoms with Gasteiger partial charge in [-0.15, -0.1) is 0 Å². The maximum absolute atomic E-state index is 14.2. The van der Waals surface area contributed by atoms with E-state index in [1.54, 1.807) is 0 Å². The first kappa shape index (κ1) is 21.0. The van der Waals surface area contributed by atoms with E-state index in [2.05, 4.69) is 30.3 Å². The third kappa shape index (κ3) is 3.89. The normalized spacial score (nSPS) is 22.6. The van der Waals surface area contributed by atoms with Gasteiger partial charge in [-0.2, -0.15) is 12.7 Å². The fourth-order valence-electron chi connectivity index (χ4n) is 3.63. The maximum Gasteiger partial charge on any atom is 0.302 e. The second-order valence-electron chi connectivity index (χ2n) is 6.76. The van der Waals surface area contributed by atoms with Gasteiger partial charge in [0.1, 0.15) is 24.4 Å². The first-order valence-corrected chi connectivity index (χ1v) is 11.2. The Morgan fingerprint density at radius 1 is 1.40 bits per heavy atom. The number of nitrogens with zero attached hydrogens (tertiary/aromatic N) is 3. The quantitative estimate of drug-likeness (QED) is 0.659. The van der Waals surface area contributed by atoms with Crippen molar-refractivity contribution >= 4 is 43.6 Å². The molecule has 2 atom stereocenters. The second kappa shape index (κ2) is 8.13. The van der Waals surface area contributed by atoms with Crippen molar-refractivity contribution < 1.29 is 31.6 Å². The van der Waals surface area contributed by atoms with Crippen LogP contribution in [0.15, 0.2) is 33.5 Å². The van der Waals surface area contributed by atoms with Gasteiger partial charge in [0.05, 0.1) is 29.4 Å². The van der Waals surface area contributed by atoms with E-state index >= 15 is 0 Å². The molecule has 1 N–H and O–H groups in total. The summed E-state index contributed by atoms with van der Waals surface area (Å²) in [5.41, 5.74) is 0.276. The van der Waals surface area contributed by atoms with E-state index in [0.29, 0.717) is 5.75 Å². The first-order chi connectivity index (χ1) is 14.3. The Kier molecular flexibility index (Phi) is 5.70. The van der Waals surface area contributed by atoms with Crippen LogP contribution >= 0.6 is 15.9 Å². The van der Waals surface area contributed by atoms with Gasteiger partial charge in [0.15, 0.2) is 5.82 Å². The molecule has 2 saturated heterocycles. The molecule has 0 spiro atoms. The minimum atomic E-state index is -3.89. The summed E-state index contributed by atoms with van der Waals surface area (Å²) >= 11 is 3.11. The summed E-state index contributed by atoms with van der Waals surface area (Å²) in [4.78, 5) is 14.1. The van der Waals surface area contributed by atoms with Crippen LogP contribution in [0.25, 0.3) is 0 Å². The molecule has 30 heavy (non-hydrogen) atoms. The Hall–Kier alpha value is -2.22. The molecule has 1 amide bonds. The summed E-state index contributed by atoms with van der Waals surface area (Å²) in [7, 11) is -2.46. The van der Waals surface area contributed by atoms with Crippen molar-refractivity contribution in [3.8, 4) is 5.75 Å². The summed E-state index contributed by atoms with van der Waals surface area (Å²) < 4.78 is 58.9. The zero-order valence-corrected chi connectivity index (χ0v) is 18.2. The molecule has 4 rings (SSSR count). The molecule has 3 heterocycles. The van der Waals surface area contributed by atoms with Gasteiger partial charge in [-0.3, -0.25) is 9.52 Å². The maximum atomic E-state index is 14.2. The van der Waals surface area contributed by atoms with E-state index < -0.39 is 28.2 Å². The van der Waals surface area contributed by atoms with Crippen molar-refractivity contribution in [1.29, 1.82) is 0 Å². The van der Waals surface area contributed by atoms with Crippen LogP contribution < -0.4 is 14.4 Å². The van der Waals surface area contributed by atoms with Crippen LogP contribution in [0.4, 0.5) is 15.9 Å². The highest BCUT2D eigenvalue weighted by Gasteiger charge is 2.44. The van der Waals surface area contributed by atoms with Crippen LogP contribution in [0.5, 0.6) is 5.75 Å². The molecular weight excluding hydrogens is 487 g/mol. The number of benzene rings is 1. The molecule has 2 fully saturated rings. The number of morpholine rings is 1. The lowest BCUT2D eigenvalue weighted by Gasteiger charge is -2.46. The molecule has 13 heteroatoms. The van der Waals surface area contributed by atoms with Crippen LogP contribution in [-0.2, 0) is 19.7 Å². The van der Waals surface area contributed by atoms with Crippen molar-refractivity contribution in [2.45, 2.75) is 18.6 Å². The van der Waals surface area contributed by atoms with Crippen molar-refractivity contribution in [2.75, 3.05) is 36.4 Å². The number of nitrogens with one attached hydrogen (secondary N) is 1. The van der Waals surface area contributed by atoms with Gasteiger partial charge in [-0.1, -0.05) is 5.16 Å². The van der Waals surface area contributed by atoms with Gasteiger partial charge in [0.25, 0.3) is 5.91 Å². The molecule has 162 valence electrons. The number of carbonyl (C=O) groups is 1. The Balaban J connectivity index is 1.58. The van der Waals surface area contributed by atoms with E-state index in [-0.39, 0.29) is 48.0 Å². The third-order valence-corrected chi connectivity index (χ3v) is 7.09. The predicted molar refractivity (Wildman–Crippen MR) is 107 cm³/mol. The van der Waals surface area contributed by atoms with Crippen LogP contribution in [0.2, 0.25) is 0 Å². The molecule has 0 unspecified atom stereocenters. The van der Waals surface area contributed by atoms with Crippen LogP contribution in [0, 0.1) is 5.82 Å². The number of rotatable bonds is 5. The number of hydrogen-bond acceptors (Lipinski definition) is 7. The molecule has 1 aromatic carbocycles. The van der Waals surface area contributed by atoms with Gasteiger partial charge in [-0.05, 0) is 28.4 Å². The SMILES string of the molecule is COc1cc(Br)c(F)cc1N1C(=O)CO[C@@H]2CN(S(=O)(=O)Nc3ccon3)CC[C@H]21. The molecule has 0 aliphatic carbocycles. The Morgan fingerprint density at radius 2 is 2.20 bits per heavy atom. The monoisotopic (exact) mass is 504 g/mol. The summed E-state index contributed by atoms with van der Waals surface area (Å²) in [5.74, 6) is -0.514. The minimum absolute atomic E-state index is 0.0168. The molecule has 0 radical (unpaired) electrons. The van der Waals surface area contributed by atoms with Crippen molar-refractivity contribution in [2.24, 2.45) is 0 Å². The molecular formula is C17H18BrFN4O6S. The highest BCUT2D eigenvalue weighted by Crippen LogP contribution is 2.38. The van der Waals surface area contributed by atoms with Crippen molar-refractivity contribution in [3.05, 3.63) is 34.8 Å². The highest BCUT2D eigenvalue weighted by molar-refractivity contribution is 9.10. The molecule has 2 aliphatic rings. The lowest BCUT2D eigenvalue weighted by Crippen LogP contribution is -2.62. The summed E-state index contributed by atoms with van der Waals surface area (Å²) in [5, 5.41) is 3.54. The number of fused-ring (bicyclic) bond motifs is 1. The standard InChI is InChI=1S/C17H18BrFN4O6S/c1-27-14-6-10(18)11(19)7-13(14)23-12-2-4-22(8-15(12)28-9-17(23)24)30(25,26)21-16-3-5-29-20-16/h3,5-7,12,15H,2,4,8-9H2,1H3,(H,20,21)/t12-,15-/m1/s1. The van der Waals surface area contributed by atoms with E-state index in [1.165, 1.54) is 40.8 Å². The number of halogens is 2. The molecule has 2 aliphatic heterocycles. The van der Waals surface area contributed by atoms with E-state index in [1.807, 2.05) is 0 Å².